The first-order chi connectivity index (χ1) is 7.14. The van der Waals surface area contributed by atoms with Gasteiger partial charge in [-0.2, -0.15) is 0 Å². The summed E-state index contributed by atoms with van der Waals surface area (Å²) in [5.41, 5.74) is 0. The lowest BCUT2D eigenvalue weighted by molar-refractivity contribution is 0.255. The van der Waals surface area contributed by atoms with E-state index in [2.05, 4.69) is 44.6 Å². The summed E-state index contributed by atoms with van der Waals surface area (Å²) in [6.45, 7) is 14.8. The van der Waals surface area contributed by atoms with Gasteiger partial charge in [-0.1, -0.05) is 0 Å². The molecule has 1 heterocycles. The van der Waals surface area contributed by atoms with Gasteiger partial charge in [0.1, 0.15) is 0 Å². The van der Waals surface area contributed by atoms with Crippen molar-refractivity contribution < 1.29 is 9.22 Å². The highest BCUT2D eigenvalue weighted by Crippen LogP contribution is 2.12. The number of aliphatic hydroxyl groups is 1. The van der Waals surface area contributed by atoms with Crippen LogP contribution < -0.4 is 5.32 Å². The second kappa shape index (κ2) is 6.91. The van der Waals surface area contributed by atoms with Gasteiger partial charge in [-0.25, -0.2) is 0 Å². The van der Waals surface area contributed by atoms with Crippen LogP contribution in [0.15, 0.2) is 0 Å². The van der Waals surface area contributed by atoms with E-state index < -0.39 is 16.6 Å². The predicted octanol–water partition coefficient (Wildman–Crippen LogP) is 2.40. The van der Waals surface area contributed by atoms with Crippen molar-refractivity contribution in [2.24, 2.45) is 0 Å². The molecule has 5 heteroatoms. The van der Waals surface area contributed by atoms with Gasteiger partial charge in [-0.15, -0.1) is 0 Å². The predicted molar refractivity (Wildman–Crippen MR) is 75.9 cm³/mol. The molecule has 0 aromatic rings. The lowest BCUT2D eigenvalue weighted by atomic mass is 10.2. The van der Waals surface area contributed by atoms with Crippen LogP contribution in [0.2, 0.25) is 39.3 Å². The summed E-state index contributed by atoms with van der Waals surface area (Å²) in [4.78, 5) is 0. The minimum absolute atomic E-state index is 0.306. The second-order valence-corrected chi connectivity index (χ2v) is 15.6. The molecule has 98 valence electrons. The lowest BCUT2D eigenvalue weighted by Gasteiger charge is -2.27. The number of aliphatic hydroxyl groups excluding tert-OH is 1. The van der Waals surface area contributed by atoms with Gasteiger partial charge in [0, 0.05) is 6.04 Å². The Labute approximate surface area is 103 Å². The molecule has 0 aromatic carbocycles. The molecule has 1 aliphatic rings. The minimum atomic E-state index is -1.23. The first-order valence-electron chi connectivity index (χ1n) is 6.18. The fourth-order valence-electron chi connectivity index (χ4n) is 1.83. The van der Waals surface area contributed by atoms with E-state index in [1.165, 1.54) is 6.42 Å². The number of hydrogen-bond donors (Lipinski definition) is 2. The standard InChI is InChI=1S/C6H18OSi2.C5H11NO/c1-8(2,3)7-9(4,5)6;7-4-5-2-1-3-6-5/h1-6H3;5-7H,1-4H2. The highest BCUT2D eigenvalue weighted by Gasteiger charge is 2.24. The Morgan fingerprint density at radius 3 is 1.75 bits per heavy atom. The maximum Gasteiger partial charge on any atom is 0.170 e. The van der Waals surface area contributed by atoms with E-state index in [0.29, 0.717) is 12.6 Å². The van der Waals surface area contributed by atoms with Crippen LogP contribution in [-0.2, 0) is 4.12 Å². The smallest absolute Gasteiger partial charge is 0.170 e. The zero-order valence-electron chi connectivity index (χ0n) is 11.8. The third-order valence-electron chi connectivity index (χ3n) is 2.00. The van der Waals surface area contributed by atoms with Crippen molar-refractivity contribution in [1.82, 2.24) is 5.32 Å². The molecule has 1 rings (SSSR count). The van der Waals surface area contributed by atoms with Crippen LogP contribution in [0.5, 0.6) is 0 Å². The van der Waals surface area contributed by atoms with Crippen molar-refractivity contribution in [3.05, 3.63) is 0 Å². The molecule has 1 aliphatic heterocycles. The summed E-state index contributed by atoms with van der Waals surface area (Å²) in [6, 6.07) is 0.403. The van der Waals surface area contributed by atoms with Gasteiger partial charge in [0.25, 0.3) is 0 Å². The van der Waals surface area contributed by atoms with Crippen LogP contribution in [-0.4, -0.2) is 40.9 Å². The quantitative estimate of drug-likeness (QED) is 0.768. The van der Waals surface area contributed by atoms with Crippen molar-refractivity contribution in [2.75, 3.05) is 13.2 Å². The Balaban J connectivity index is 0.000000288. The Morgan fingerprint density at radius 1 is 1.12 bits per heavy atom. The van der Waals surface area contributed by atoms with E-state index in [1.807, 2.05) is 0 Å². The van der Waals surface area contributed by atoms with Gasteiger partial charge < -0.3 is 14.5 Å². The Hall–Kier alpha value is 0.314. The first-order valence-corrected chi connectivity index (χ1v) is 13.0. The van der Waals surface area contributed by atoms with Crippen LogP contribution >= 0.6 is 0 Å². The van der Waals surface area contributed by atoms with Gasteiger partial charge >= 0.3 is 0 Å². The van der Waals surface area contributed by atoms with Gasteiger partial charge in [-0.05, 0) is 58.7 Å². The zero-order valence-corrected chi connectivity index (χ0v) is 13.8. The molecule has 0 saturated carbocycles. The summed E-state index contributed by atoms with van der Waals surface area (Å²) in [7, 11) is -2.46. The van der Waals surface area contributed by atoms with E-state index in [9.17, 15) is 0 Å². The average molecular weight is 264 g/mol. The van der Waals surface area contributed by atoms with Crippen LogP contribution in [0.1, 0.15) is 12.8 Å². The van der Waals surface area contributed by atoms with E-state index in [4.69, 9.17) is 9.22 Å². The highest BCUT2D eigenvalue weighted by molar-refractivity contribution is 6.83. The fraction of sp³-hybridized carbons (Fsp3) is 1.00. The van der Waals surface area contributed by atoms with Crippen LogP contribution in [0.4, 0.5) is 0 Å². The van der Waals surface area contributed by atoms with E-state index in [1.54, 1.807) is 0 Å². The molecule has 0 amide bonds. The Morgan fingerprint density at radius 2 is 1.62 bits per heavy atom. The highest BCUT2D eigenvalue weighted by atomic mass is 28.4. The number of hydrogen-bond acceptors (Lipinski definition) is 3. The third kappa shape index (κ3) is 10.8. The first kappa shape index (κ1) is 16.3. The van der Waals surface area contributed by atoms with Crippen molar-refractivity contribution in [3.8, 4) is 0 Å². The molecule has 0 aliphatic carbocycles. The molecular formula is C11H29NO2Si2. The number of rotatable bonds is 3. The van der Waals surface area contributed by atoms with Crippen LogP contribution in [0, 0.1) is 0 Å². The van der Waals surface area contributed by atoms with Crippen LogP contribution in [0.3, 0.4) is 0 Å². The largest absolute Gasteiger partial charge is 0.456 e. The van der Waals surface area contributed by atoms with E-state index in [0.717, 1.165) is 13.0 Å². The van der Waals surface area contributed by atoms with Crippen molar-refractivity contribution in [3.63, 3.8) is 0 Å². The van der Waals surface area contributed by atoms with Crippen molar-refractivity contribution >= 4 is 16.6 Å². The average Bonchev–Trinajstić information content (AvgIpc) is 2.48. The molecule has 0 aromatic heterocycles. The molecule has 0 bridgehead atoms. The molecule has 3 nitrogen and oxygen atoms in total. The van der Waals surface area contributed by atoms with Gasteiger partial charge in [0.15, 0.2) is 16.6 Å². The molecular weight excluding hydrogens is 234 g/mol. The van der Waals surface area contributed by atoms with E-state index in [-0.39, 0.29) is 0 Å². The SMILES string of the molecule is C[Si](C)(C)O[Si](C)(C)C.OCC1CCCN1. The fourth-order valence-corrected chi connectivity index (χ4v) is 9.18. The molecule has 1 unspecified atom stereocenters. The summed E-state index contributed by atoms with van der Waals surface area (Å²) >= 11 is 0. The third-order valence-corrected chi connectivity index (χ3v) is 6.89. The molecule has 0 radical (unpaired) electrons. The Bertz CT molecular complexity index is 169. The molecule has 1 atom stereocenters. The summed E-state index contributed by atoms with van der Waals surface area (Å²) in [5, 5.41) is 11.7. The monoisotopic (exact) mass is 263 g/mol. The van der Waals surface area contributed by atoms with Gasteiger partial charge in [0.05, 0.1) is 6.61 Å². The normalized spacial score (nSPS) is 21.6. The summed E-state index contributed by atoms with van der Waals surface area (Å²) in [6.07, 6.45) is 2.38. The van der Waals surface area contributed by atoms with Crippen molar-refractivity contribution in [2.45, 2.75) is 58.2 Å². The lowest BCUT2D eigenvalue weighted by Crippen LogP contribution is -2.39. The Kier molecular flexibility index (Phi) is 7.04. The molecule has 16 heavy (non-hydrogen) atoms. The molecule has 2 N–H and O–H groups in total. The van der Waals surface area contributed by atoms with Gasteiger partial charge in [0.2, 0.25) is 0 Å². The maximum absolute atomic E-state index is 8.50. The minimum Gasteiger partial charge on any atom is -0.456 e. The molecule has 0 spiro atoms. The second-order valence-electron chi connectivity index (χ2n) is 6.30. The van der Waals surface area contributed by atoms with Crippen LogP contribution in [0.25, 0.3) is 0 Å². The summed E-state index contributed by atoms with van der Waals surface area (Å²) < 4.78 is 5.90. The summed E-state index contributed by atoms with van der Waals surface area (Å²) in [5.74, 6) is 0. The van der Waals surface area contributed by atoms with E-state index >= 15 is 0 Å². The van der Waals surface area contributed by atoms with Crippen molar-refractivity contribution in [1.29, 1.82) is 0 Å². The molecule has 1 fully saturated rings. The topological polar surface area (TPSA) is 41.5 Å². The van der Waals surface area contributed by atoms with Gasteiger partial charge in [-0.3, -0.25) is 0 Å². The maximum atomic E-state index is 8.50. The number of nitrogens with one attached hydrogen (secondary N) is 1. The zero-order chi connectivity index (χ0) is 12.8. The molecule has 1 saturated heterocycles.